The molecule has 0 spiro atoms. The number of anilines is 1. The van der Waals surface area contributed by atoms with E-state index in [1.54, 1.807) is 12.3 Å². The maximum atomic E-state index is 13.6. The predicted octanol–water partition coefficient (Wildman–Crippen LogP) is 4.95. The van der Waals surface area contributed by atoms with Crippen molar-refractivity contribution in [1.82, 2.24) is 14.9 Å². The Kier molecular flexibility index (Phi) is 8.09. The number of nitrogens with zero attached hydrogens (tertiary/aromatic N) is 3. The molecule has 1 aliphatic rings. The van der Waals surface area contributed by atoms with Crippen molar-refractivity contribution in [3.8, 4) is 0 Å². The summed E-state index contributed by atoms with van der Waals surface area (Å²) in [6, 6.07) is 4.96. The van der Waals surface area contributed by atoms with Gasteiger partial charge in [-0.05, 0) is 24.3 Å². The molecule has 0 bridgehead atoms. The van der Waals surface area contributed by atoms with E-state index < -0.39 is 36.8 Å². The Bertz CT molecular complexity index is 977. The Balaban J connectivity index is 1.65. The van der Waals surface area contributed by atoms with E-state index in [-0.39, 0.29) is 36.3 Å². The van der Waals surface area contributed by atoms with Crippen molar-refractivity contribution in [2.75, 3.05) is 31.6 Å². The van der Waals surface area contributed by atoms with E-state index in [0.29, 0.717) is 11.5 Å². The van der Waals surface area contributed by atoms with Crippen LogP contribution in [0.4, 0.5) is 28.0 Å². The van der Waals surface area contributed by atoms with E-state index >= 15 is 0 Å². The summed E-state index contributed by atoms with van der Waals surface area (Å²) in [6.07, 6.45) is -7.52. The minimum atomic E-state index is -4.81. The van der Waals surface area contributed by atoms with Crippen molar-refractivity contribution in [2.24, 2.45) is 0 Å². The zero-order valence-corrected chi connectivity index (χ0v) is 18.7. The van der Waals surface area contributed by atoms with Crippen LogP contribution in [-0.2, 0) is 9.47 Å². The van der Waals surface area contributed by atoms with E-state index in [4.69, 9.17) is 16.3 Å². The van der Waals surface area contributed by atoms with Crippen LogP contribution >= 0.6 is 11.6 Å². The lowest BCUT2D eigenvalue weighted by atomic mass is 10.1. The first kappa shape index (κ1) is 25.1. The lowest BCUT2D eigenvalue weighted by molar-refractivity contribution is -0.209. The molecule has 0 radical (unpaired) electrons. The minimum absolute atomic E-state index is 0.0836. The second kappa shape index (κ2) is 10.6. The molecule has 1 N–H and O–H groups in total. The SMILES string of the molecule is CC(C)c1nccc(C2CN(CC(OC(=O)Nc3ccc(Cl)c(F)c3)C(F)(F)F)CCO2)n1. The fourth-order valence-electron chi connectivity index (χ4n) is 3.19. The molecule has 1 aromatic heterocycles. The van der Waals surface area contributed by atoms with E-state index in [2.05, 4.69) is 20.0 Å². The van der Waals surface area contributed by atoms with Crippen LogP contribution in [0, 0.1) is 5.82 Å². The molecule has 7 nitrogen and oxygen atoms in total. The number of hydrogen-bond donors (Lipinski definition) is 1. The third kappa shape index (κ3) is 6.99. The molecule has 1 aromatic carbocycles. The van der Waals surface area contributed by atoms with Crippen LogP contribution in [-0.4, -0.2) is 59.5 Å². The standard InChI is InChI=1S/C21H23ClF4N4O3/c1-12(2)19-27-6-5-16(29-19)17-10-30(7-8-32-17)11-18(21(24,25)26)33-20(31)28-13-3-4-14(22)15(23)9-13/h3-6,9,12,17-18H,7-8,10-11H2,1-2H3,(H,28,31). The molecule has 0 aliphatic carbocycles. The summed E-state index contributed by atoms with van der Waals surface area (Å²) in [7, 11) is 0. The smallest absolute Gasteiger partial charge is 0.426 e. The highest BCUT2D eigenvalue weighted by atomic mass is 35.5. The predicted molar refractivity (Wildman–Crippen MR) is 113 cm³/mol. The summed E-state index contributed by atoms with van der Waals surface area (Å²) >= 11 is 5.56. The van der Waals surface area contributed by atoms with Gasteiger partial charge in [0.15, 0.2) is 0 Å². The summed E-state index contributed by atoms with van der Waals surface area (Å²) in [5, 5.41) is 1.89. The first-order chi connectivity index (χ1) is 15.5. The summed E-state index contributed by atoms with van der Waals surface area (Å²) < 4.78 is 64.6. The van der Waals surface area contributed by atoms with Crippen LogP contribution in [0.2, 0.25) is 5.02 Å². The van der Waals surface area contributed by atoms with Crippen LogP contribution in [0.25, 0.3) is 0 Å². The maximum Gasteiger partial charge on any atom is 0.426 e. The van der Waals surface area contributed by atoms with E-state index in [9.17, 15) is 22.4 Å². The van der Waals surface area contributed by atoms with Gasteiger partial charge in [-0.15, -0.1) is 0 Å². The molecule has 2 atom stereocenters. The van der Waals surface area contributed by atoms with Crippen LogP contribution < -0.4 is 5.32 Å². The molecule has 1 fully saturated rings. The maximum absolute atomic E-state index is 13.6. The van der Waals surface area contributed by atoms with Gasteiger partial charge in [0.2, 0.25) is 6.10 Å². The molecule has 0 saturated carbocycles. The fourth-order valence-corrected chi connectivity index (χ4v) is 3.30. The monoisotopic (exact) mass is 490 g/mol. The van der Waals surface area contributed by atoms with Gasteiger partial charge in [0.25, 0.3) is 0 Å². The summed E-state index contributed by atoms with van der Waals surface area (Å²) in [5.41, 5.74) is 0.490. The van der Waals surface area contributed by atoms with Crippen LogP contribution in [0.1, 0.15) is 37.4 Å². The Morgan fingerprint density at radius 1 is 1.36 bits per heavy atom. The Hall–Kier alpha value is -2.50. The Morgan fingerprint density at radius 2 is 2.12 bits per heavy atom. The lowest BCUT2D eigenvalue weighted by Crippen LogP contribution is -2.48. The average molecular weight is 491 g/mol. The number of aromatic nitrogens is 2. The molecule has 33 heavy (non-hydrogen) atoms. The molecule has 12 heteroatoms. The molecule has 1 saturated heterocycles. The normalized spacial score (nSPS) is 18.2. The van der Waals surface area contributed by atoms with Gasteiger partial charge in [-0.25, -0.2) is 19.2 Å². The average Bonchev–Trinajstić information content (AvgIpc) is 2.75. The zero-order valence-electron chi connectivity index (χ0n) is 17.9. The molecule has 2 heterocycles. The minimum Gasteiger partial charge on any atom is -0.435 e. The number of halogens is 5. The number of amides is 1. The van der Waals surface area contributed by atoms with Crippen LogP contribution in [0.3, 0.4) is 0 Å². The summed E-state index contributed by atoms with van der Waals surface area (Å²) in [6.45, 7) is 3.82. The van der Waals surface area contributed by atoms with Crippen molar-refractivity contribution in [1.29, 1.82) is 0 Å². The highest BCUT2D eigenvalue weighted by Crippen LogP contribution is 2.28. The first-order valence-corrected chi connectivity index (χ1v) is 10.6. The van der Waals surface area contributed by atoms with Gasteiger partial charge in [0.05, 0.1) is 17.3 Å². The number of nitrogens with one attached hydrogen (secondary N) is 1. The largest absolute Gasteiger partial charge is 0.435 e. The van der Waals surface area contributed by atoms with Gasteiger partial charge in [-0.3, -0.25) is 10.2 Å². The molecule has 3 rings (SSSR count). The van der Waals surface area contributed by atoms with E-state index in [1.807, 2.05) is 13.8 Å². The number of carbonyl (C=O) groups excluding carboxylic acids is 1. The molecule has 1 aliphatic heterocycles. The fraction of sp³-hybridized carbons (Fsp3) is 0.476. The second-order valence-electron chi connectivity index (χ2n) is 7.80. The Morgan fingerprint density at radius 3 is 2.79 bits per heavy atom. The lowest BCUT2D eigenvalue weighted by Gasteiger charge is -2.35. The third-order valence-corrected chi connectivity index (χ3v) is 5.20. The first-order valence-electron chi connectivity index (χ1n) is 10.2. The molecule has 180 valence electrons. The summed E-state index contributed by atoms with van der Waals surface area (Å²) in [5.74, 6) is -0.133. The zero-order chi connectivity index (χ0) is 24.2. The van der Waals surface area contributed by atoms with Crippen molar-refractivity contribution in [3.63, 3.8) is 0 Å². The van der Waals surface area contributed by atoms with Crippen molar-refractivity contribution in [3.05, 3.63) is 52.8 Å². The molecular weight excluding hydrogens is 468 g/mol. The quantitative estimate of drug-likeness (QED) is 0.578. The molecule has 2 unspecified atom stereocenters. The Labute approximate surface area is 193 Å². The van der Waals surface area contributed by atoms with Gasteiger partial charge in [0.1, 0.15) is 17.7 Å². The topological polar surface area (TPSA) is 76.6 Å². The van der Waals surface area contributed by atoms with Gasteiger partial charge in [-0.1, -0.05) is 25.4 Å². The van der Waals surface area contributed by atoms with Crippen molar-refractivity contribution >= 4 is 23.4 Å². The number of carbonyl (C=O) groups is 1. The number of ether oxygens (including phenoxy) is 2. The van der Waals surface area contributed by atoms with Crippen molar-refractivity contribution in [2.45, 2.75) is 38.1 Å². The highest BCUT2D eigenvalue weighted by Gasteiger charge is 2.44. The molecule has 2 aromatic rings. The highest BCUT2D eigenvalue weighted by molar-refractivity contribution is 6.30. The number of alkyl halides is 3. The molecular formula is C21H23ClF4N4O3. The van der Waals surface area contributed by atoms with E-state index in [1.165, 1.54) is 17.0 Å². The number of benzene rings is 1. The van der Waals surface area contributed by atoms with Crippen molar-refractivity contribution < 1.29 is 31.8 Å². The molecule has 1 amide bonds. The third-order valence-electron chi connectivity index (χ3n) is 4.90. The van der Waals surface area contributed by atoms with Gasteiger partial charge < -0.3 is 9.47 Å². The van der Waals surface area contributed by atoms with Crippen LogP contribution in [0.15, 0.2) is 30.5 Å². The van der Waals surface area contributed by atoms with Gasteiger partial charge >= 0.3 is 12.3 Å². The van der Waals surface area contributed by atoms with Gasteiger partial charge in [-0.2, -0.15) is 13.2 Å². The van der Waals surface area contributed by atoms with Gasteiger partial charge in [0, 0.05) is 37.4 Å². The second-order valence-corrected chi connectivity index (χ2v) is 8.21. The number of morpholine rings is 1. The summed E-state index contributed by atoms with van der Waals surface area (Å²) in [4.78, 5) is 22.2. The number of rotatable bonds is 6. The van der Waals surface area contributed by atoms with E-state index in [0.717, 1.165) is 6.07 Å². The van der Waals surface area contributed by atoms with Crippen LogP contribution in [0.5, 0.6) is 0 Å². The number of hydrogen-bond acceptors (Lipinski definition) is 6.